The summed E-state index contributed by atoms with van der Waals surface area (Å²) < 4.78 is 40.2. The number of aromatic amines is 1. The zero-order chi connectivity index (χ0) is 22.3. The van der Waals surface area contributed by atoms with Gasteiger partial charge in [-0.25, -0.2) is 4.98 Å². The molecule has 3 heterocycles. The quantitative estimate of drug-likeness (QED) is 0.394. The molecule has 0 saturated carbocycles. The van der Waals surface area contributed by atoms with Gasteiger partial charge in [-0.2, -0.15) is 13.2 Å². The molecule has 0 saturated heterocycles. The molecule has 0 atom stereocenters. The number of benzene rings is 2. The summed E-state index contributed by atoms with van der Waals surface area (Å²) in [5.41, 5.74) is 6.53. The van der Waals surface area contributed by atoms with Crippen molar-refractivity contribution in [1.29, 1.82) is 0 Å². The Balaban J connectivity index is 1.52. The molecule has 6 heteroatoms. The normalized spacial score (nSPS) is 14.2. The number of hydrogen-bond acceptors (Lipinski definition) is 2. The predicted octanol–water partition coefficient (Wildman–Crippen LogP) is 6.37. The van der Waals surface area contributed by atoms with Gasteiger partial charge in [-0.05, 0) is 54.3 Å². The van der Waals surface area contributed by atoms with E-state index in [0.717, 1.165) is 53.2 Å². The van der Waals surface area contributed by atoms with Crippen LogP contribution in [0, 0.1) is 6.92 Å². The Bertz CT molecular complexity index is 1330. The number of rotatable bonds is 3. The summed E-state index contributed by atoms with van der Waals surface area (Å²) in [6.07, 6.45) is 3.44. The highest BCUT2D eigenvalue weighted by molar-refractivity contribution is 5.92. The number of nitrogens with zero attached hydrogens (tertiary/aromatic N) is 1. The van der Waals surface area contributed by atoms with Crippen LogP contribution < -0.4 is 5.32 Å². The molecule has 0 aliphatic carbocycles. The van der Waals surface area contributed by atoms with E-state index >= 15 is 0 Å². The number of halogens is 3. The zero-order valence-corrected chi connectivity index (χ0v) is 17.6. The van der Waals surface area contributed by atoms with E-state index in [1.165, 1.54) is 23.3 Å². The third-order valence-corrected chi connectivity index (χ3v) is 5.94. The molecule has 0 fully saturated rings. The highest BCUT2D eigenvalue weighted by Gasteiger charge is 2.32. The van der Waals surface area contributed by atoms with E-state index < -0.39 is 11.7 Å². The lowest BCUT2D eigenvalue weighted by Gasteiger charge is -2.17. The lowest BCUT2D eigenvalue weighted by molar-refractivity contribution is -0.137. The summed E-state index contributed by atoms with van der Waals surface area (Å²) in [7, 11) is 0. The average molecular weight is 433 g/mol. The summed E-state index contributed by atoms with van der Waals surface area (Å²) in [4.78, 5) is 7.65. The van der Waals surface area contributed by atoms with Gasteiger partial charge < -0.3 is 10.3 Å². The maximum atomic E-state index is 13.4. The topological polar surface area (TPSA) is 40.7 Å². The maximum absolute atomic E-state index is 13.4. The van der Waals surface area contributed by atoms with Crippen molar-refractivity contribution in [3.63, 3.8) is 0 Å². The molecule has 2 aromatic carbocycles. The van der Waals surface area contributed by atoms with Crippen LogP contribution in [0.15, 0.2) is 54.9 Å². The molecule has 162 valence electrons. The molecule has 1 aliphatic heterocycles. The Hall–Kier alpha value is -3.38. The second-order valence-corrected chi connectivity index (χ2v) is 8.20. The first-order valence-electron chi connectivity index (χ1n) is 10.5. The molecular weight excluding hydrogens is 411 g/mol. The third-order valence-electron chi connectivity index (χ3n) is 5.94. The molecule has 5 rings (SSSR count). The van der Waals surface area contributed by atoms with E-state index in [-0.39, 0.29) is 5.56 Å². The summed E-state index contributed by atoms with van der Waals surface area (Å²) in [5.74, 6) is 0. The zero-order valence-electron chi connectivity index (χ0n) is 17.6. The van der Waals surface area contributed by atoms with E-state index in [1.807, 2.05) is 12.3 Å². The molecule has 4 aromatic rings. The molecule has 32 heavy (non-hydrogen) atoms. The number of aryl methyl sites for hydroxylation is 1. The number of fused-ring (bicyclic) bond motifs is 2. The summed E-state index contributed by atoms with van der Waals surface area (Å²) in [6, 6.07) is 12.7. The van der Waals surface area contributed by atoms with Crippen LogP contribution in [-0.2, 0) is 19.1 Å². The monoisotopic (exact) mass is 433 g/mol. The molecule has 0 spiro atoms. The third kappa shape index (κ3) is 3.94. The van der Waals surface area contributed by atoms with Crippen LogP contribution >= 0.6 is 0 Å². The van der Waals surface area contributed by atoms with Gasteiger partial charge in [0.1, 0.15) is 5.65 Å². The summed E-state index contributed by atoms with van der Waals surface area (Å²) in [6.45, 7) is 3.64. The number of nitrogens with one attached hydrogen (secondary N) is 2. The molecule has 0 bridgehead atoms. The maximum Gasteiger partial charge on any atom is 0.416 e. The minimum absolute atomic E-state index is 0.152. The molecule has 2 aromatic heterocycles. The van der Waals surface area contributed by atoms with E-state index in [1.54, 1.807) is 25.3 Å². The van der Waals surface area contributed by atoms with Gasteiger partial charge in [-0.15, -0.1) is 0 Å². The van der Waals surface area contributed by atoms with Crippen LogP contribution in [0.3, 0.4) is 0 Å². The Morgan fingerprint density at radius 3 is 2.62 bits per heavy atom. The second kappa shape index (κ2) is 7.95. The molecule has 3 nitrogen and oxygen atoms in total. The smallest absolute Gasteiger partial charge is 0.346 e. The molecule has 0 radical (unpaired) electrons. The SMILES string of the molecule is Cc1ccc(C(F)(F)F)c(/C=C/c2c[nH]c3ncc(-c4ccc5c(c4)CCNC5)cc23)c1. The minimum Gasteiger partial charge on any atom is -0.346 e. The van der Waals surface area contributed by atoms with Gasteiger partial charge in [0.25, 0.3) is 0 Å². The second-order valence-electron chi connectivity index (χ2n) is 8.20. The number of aromatic nitrogens is 2. The van der Waals surface area contributed by atoms with Crippen molar-refractivity contribution in [2.24, 2.45) is 0 Å². The van der Waals surface area contributed by atoms with E-state index in [9.17, 15) is 13.2 Å². The van der Waals surface area contributed by atoms with E-state index in [4.69, 9.17) is 0 Å². The van der Waals surface area contributed by atoms with Crippen LogP contribution in [0.4, 0.5) is 13.2 Å². The van der Waals surface area contributed by atoms with Gasteiger partial charge in [0.2, 0.25) is 0 Å². The number of hydrogen-bond donors (Lipinski definition) is 2. The first-order chi connectivity index (χ1) is 15.4. The molecular formula is C26H22F3N3. The minimum atomic E-state index is -4.40. The number of pyridine rings is 1. The van der Waals surface area contributed by atoms with Crippen molar-refractivity contribution in [1.82, 2.24) is 15.3 Å². The van der Waals surface area contributed by atoms with Crippen molar-refractivity contribution < 1.29 is 13.2 Å². The van der Waals surface area contributed by atoms with Crippen LogP contribution in [-0.4, -0.2) is 16.5 Å². The average Bonchev–Trinajstić information content (AvgIpc) is 3.19. The van der Waals surface area contributed by atoms with Crippen LogP contribution in [0.1, 0.15) is 33.4 Å². The van der Waals surface area contributed by atoms with Crippen molar-refractivity contribution in [3.05, 3.63) is 88.2 Å². The standard InChI is InChI=1S/C26H22F3N3/c1-16-2-7-24(26(27,28)29)19(10-16)4-6-21-14-31-25-23(21)12-22(15-32-25)17-3-5-20-13-30-9-8-18(20)11-17/h2-7,10-12,14-15,30H,8-9,13H2,1H3,(H,31,32)/b6-4+. The highest BCUT2D eigenvalue weighted by Crippen LogP contribution is 2.34. The van der Waals surface area contributed by atoms with Crippen LogP contribution in [0.5, 0.6) is 0 Å². The lowest BCUT2D eigenvalue weighted by atomic mass is 9.95. The highest BCUT2D eigenvalue weighted by atomic mass is 19.4. The largest absolute Gasteiger partial charge is 0.416 e. The number of alkyl halides is 3. The Morgan fingerprint density at radius 2 is 1.78 bits per heavy atom. The van der Waals surface area contributed by atoms with Gasteiger partial charge in [0.05, 0.1) is 5.56 Å². The van der Waals surface area contributed by atoms with E-state index in [0.29, 0.717) is 5.65 Å². The van der Waals surface area contributed by atoms with E-state index in [2.05, 4.69) is 33.5 Å². The molecule has 2 N–H and O–H groups in total. The Labute approximate surface area is 184 Å². The molecule has 1 aliphatic rings. The van der Waals surface area contributed by atoms with Crippen molar-refractivity contribution in [2.75, 3.05) is 6.54 Å². The van der Waals surface area contributed by atoms with Crippen molar-refractivity contribution >= 4 is 23.2 Å². The van der Waals surface area contributed by atoms with Gasteiger partial charge in [-0.1, -0.05) is 48.0 Å². The fraction of sp³-hybridized carbons (Fsp3) is 0.192. The van der Waals surface area contributed by atoms with Gasteiger partial charge in [-0.3, -0.25) is 0 Å². The molecule has 0 unspecified atom stereocenters. The van der Waals surface area contributed by atoms with Gasteiger partial charge >= 0.3 is 6.18 Å². The van der Waals surface area contributed by atoms with Gasteiger partial charge in [0.15, 0.2) is 0 Å². The fourth-order valence-electron chi connectivity index (χ4n) is 4.23. The lowest BCUT2D eigenvalue weighted by Crippen LogP contribution is -2.23. The predicted molar refractivity (Wildman–Crippen MR) is 122 cm³/mol. The number of H-pyrrole nitrogens is 1. The van der Waals surface area contributed by atoms with Crippen molar-refractivity contribution in [3.8, 4) is 11.1 Å². The fourth-order valence-corrected chi connectivity index (χ4v) is 4.23. The van der Waals surface area contributed by atoms with Crippen molar-refractivity contribution in [2.45, 2.75) is 26.1 Å². The first-order valence-corrected chi connectivity index (χ1v) is 10.5. The first kappa shape index (κ1) is 20.5. The van der Waals surface area contributed by atoms with Crippen LogP contribution in [0.25, 0.3) is 34.3 Å². The Kier molecular flexibility index (Phi) is 5.10. The summed E-state index contributed by atoms with van der Waals surface area (Å²) in [5, 5.41) is 4.25. The summed E-state index contributed by atoms with van der Waals surface area (Å²) >= 11 is 0. The van der Waals surface area contributed by atoms with Crippen LogP contribution in [0.2, 0.25) is 0 Å². The van der Waals surface area contributed by atoms with Gasteiger partial charge in [0, 0.05) is 35.5 Å². The molecule has 0 amide bonds. The Morgan fingerprint density at radius 1 is 0.938 bits per heavy atom.